The van der Waals surface area contributed by atoms with E-state index in [1.165, 1.54) is 0 Å². The van der Waals surface area contributed by atoms with Crippen LogP contribution in [0.4, 0.5) is 0 Å². The average molecular weight is 203 g/mol. The van der Waals surface area contributed by atoms with Gasteiger partial charge < -0.3 is 10.7 Å². The Morgan fingerprint density at radius 3 is 1.77 bits per heavy atom. The van der Waals surface area contributed by atoms with E-state index in [2.05, 4.69) is 0 Å². The minimum atomic E-state index is -4.31. The van der Waals surface area contributed by atoms with Gasteiger partial charge in [-0.25, -0.2) is 8.42 Å². The molecular formula is C8H13NO3S. The minimum absolute atomic E-state index is 0. The summed E-state index contributed by atoms with van der Waals surface area (Å²) in [5.41, 5.74) is 1.01. The summed E-state index contributed by atoms with van der Waals surface area (Å²) in [6, 6.07) is 4.94. The molecule has 0 aliphatic carbocycles. The lowest BCUT2D eigenvalue weighted by molar-refractivity contribution is 0.462. The smallest absolute Gasteiger partial charge is 0.124 e. The highest BCUT2D eigenvalue weighted by atomic mass is 32.2. The van der Waals surface area contributed by atoms with Gasteiger partial charge in [0.15, 0.2) is 0 Å². The van der Waals surface area contributed by atoms with Crippen molar-refractivity contribution >= 4 is 10.1 Å². The normalized spacial score (nSPS) is 10.7. The van der Waals surface area contributed by atoms with Crippen LogP contribution in [-0.4, -0.2) is 13.0 Å². The van der Waals surface area contributed by atoms with Gasteiger partial charge in [0.1, 0.15) is 10.1 Å². The molecule has 1 aromatic carbocycles. The zero-order chi connectivity index (χ0) is 9.35. The van der Waals surface area contributed by atoms with Crippen LogP contribution in [0.3, 0.4) is 0 Å². The van der Waals surface area contributed by atoms with E-state index in [0.717, 1.165) is 0 Å². The van der Waals surface area contributed by atoms with E-state index in [9.17, 15) is 13.0 Å². The lowest BCUT2D eigenvalue weighted by Crippen LogP contribution is -2.03. The molecule has 0 radical (unpaired) electrons. The maximum absolute atomic E-state index is 10.7. The molecule has 1 rings (SSSR count). The number of quaternary nitrogens is 1. The van der Waals surface area contributed by atoms with E-state index in [1.54, 1.807) is 32.0 Å². The highest BCUT2D eigenvalue weighted by Crippen LogP contribution is 2.18. The first kappa shape index (κ1) is 12.1. The maximum Gasteiger partial charge on any atom is 0.124 e. The van der Waals surface area contributed by atoms with Gasteiger partial charge in [-0.05, 0) is 25.0 Å². The van der Waals surface area contributed by atoms with Crippen LogP contribution in [0.5, 0.6) is 0 Å². The predicted molar refractivity (Wildman–Crippen MR) is 49.9 cm³/mol. The standard InChI is InChI=1S/C8H10O3S.H3N/c1-6-4-3-5-7(2)8(6)12(9,10)11;/h3-5H,1-2H3,(H,9,10,11);1H3. The van der Waals surface area contributed by atoms with E-state index in [0.29, 0.717) is 11.1 Å². The van der Waals surface area contributed by atoms with Crippen LogP contribution in [0.2, 0.25) is 0 Å². The minimum Gasteiger partial charge on any atom is -0.744 e. The number of benzene rings is 1. The van der Waals surface area contributed by atoms with Gasteiger partial charge >= 0.3 is 0 Å². The van der Waals surface area contributed by atoms with Crippen molar-refractivity contribution in [2.45, 2.75) is 18.7 Å². The molecule has 0 heterocycles. The molecule has 5 heteroatoms. The molecule has 0 saturated heterocycles. The van der Waals surface area contributed by atoms with Gasteiger partial charge in [0.2, 0.25) is 0 Å². The van der Waals surface area contributed by atoms with Crippen LogP contribution < -0.4 is 6.15 Å². The van der Waals surface area contributed by atoms with Crippen LogP contribution >= 0.6 is 0 Å². The Balaban J connectivity index is 0.00000144. The van der Waals surface area contributed by atoms with Gasteiger partial charge in [0.05, 0.1) is 4.90 Å². The van der Waals surface area contributed by atoms with E-state index >= 15 is 0 Å². The van der Waals surface area contributed by atoms with Crippen molar-refractivity contribution < 1.29 is 13.0 Å². The van der Waals surface area contributed by atoms with E-state index < -0.39 is 10.1 Å². The van der Waals surface area contributed by atoms with E-state index in [1.807, 2.05) is 0 Å². The Hall–Kier alpha value is -0.910. The maximum atomic E-state index is 10.7. The van der Waals surface area contributed by atoms with Crippen molar-refractivity contribution in [3.05, 3.63) is 29.3 Å². The predicted octanol–water partition coefficient (Wildman–Crippen LogP) is 1.58. The summed E-state index contributed by atoms with van der Waals surface area (Å²) in [7, 11) is -4.31. The molecule has 0 aromatic heterocycles. The van der Waals surface area contributed by atoms with Gasteiger partial charge in [-0.1, -0.05) is 18.2 Å². The molecule has 13 heavy (non-hydrogen) atoms. The summed E-state index contributed by atoms with van der Waals surface area (Å²) < 4.78 is 32.2. The summed E-state index contributed by atoms with van der Waals surface area (Å²) >= 11 is 0. The topological polar surface area (TPSA) is 93.7 Å². The fourth-order valence-electron chi connectivity index (χ4n) is 1.19. The van der Waals surface area contributed by atoms with Crippen LogP contribution in [-0.2, 0) is 10.1 Å². The Morgan fingerprint density at radius 1 is 1.15 bits per heavy atom. The first-order chi connectivity index (χ1) is 5.43. The first-order valence-electron chi connectivity index (χ1n) is 3.45. The molecule has 0 aliphatic heterocycles. The second-order valence-corrected chi connectivity index (χ2v) is 3.99. The van der Waals surface area contributed by atoms with Gasteiger partial charge in [-0.2, -0.15) is 0 Å². The molecule has 0 amide bonds. The van der Waals surface area contributed by atoms with Crippen molar-refractivity contribution in [2.75, 3.05) is 0 Å². The molecular weight excluding hydrogens is 190 g/mol. The molecule has 0 bridgehead atoms. The third-order valence-electron chi connectivity index (χ3n) is 1.66. The summed E-state index contributed by atoms with van der Waals surface area (Å²) in [5, 5.41) is 0. The van der Waals surface area contributed by atoms with E-state index in [-0.39, 0.29) is 11.0 Å². The fourth-order valence-corrected chi connectivity index (χ4v) is 2.12. The average Bonchev–Trinajstić information content (AvgIpc) is 1.82. The van der Waals surface area contributed by atoms with Crippen LogP contribution in [0.1, 0.15) is 11.1 Å². The molecule has 74 valence electrons. The Kier molecular flexibility index (Phi) is 3.60. The largest absolute Gasteiger partial charge is 0.744 e. The zero-order valence-electron chi connectivity index (χ0n) is 7.87. The summed E-state index contributed by atoms with van der Waals surface area (Å²) in [6.45, 7) is 3.22. The van der Waals surface area contributed by atoms with Gasteiger partial charge in [-0.15, -0.1) is 0 Å². The summed E-state index contributed by atoms with van der Waals surface area (Å²) in [6.07, 6.45) is 0. The van der Waals surface area contributed by atoms with E-state index in [4.69, 9.17) is 0 Å². The Morgan fingerprint density at radius 2 is 1.54 bits per heavy atom. The highest BCUT2D eigenvalue weighted by Gasteiger charge is 2.07. The lowest BCUT2D eigenvalue weighted by Gasteiger charge is -2.12. The van der Waals surface area contributed by atoms with Gasteiger partial charge in [0, 0.05) is 0 Å². The summed E-state index contributed by atoms with van der Waals surface area (Å²) in [5.74, 6) is 0. The van der Waals surface area contributed by atoms with Crippen molar-refractivity contribution in [3.8, 4) is 0 Å². The number of aryl methyl sites for hydroxylation is 2. The fraction of sp³-hybridized carbons (Fsp3) is 0.250. The number of rotatable bonds is 1. The molecule has 1 aromatic rings. The molecule has 0 spiro atoms. The van der Waals surface area contributed by atoms with Crippen molar-refractivity contribution in [1.29, 1.82) is 0 Å². The molecule has 0 atom stereocenters. The van der Waals surface area contributed by atoms with Crippen LogP contribution in [0.15, 0.2) is 23.1 Å². The van der Waals surface area contributed by atoms with Crippen LogP contribution in [0.25, 0.3) is 0 Å². The molecule has 4 nitrogen and oxygen atoms in total. The third-order valence-corrected chi connectivity index (χ3v) is 2.80. The monoisotopic (exact) mass is 203 g/mol. The van der Waals surface area contributed by atoms with Crippen molar-refractivity contribution in [1.82, 2.24) is 6.15 Å². The quantitative estimate of drug-likeness (QED) is 0.702. The Bertz CT molecular complexity index is 378. The second kappa shape index (κ2) is 3.87. The van der Waals surface area contributed by atoms with Crippen molar-refractivity contribution in [2.24, 2.45) is 0 Å². The third kappa shape index (κ3) is 2.51. The zero-order valence-corrected chi connectivity index (χ0v) is 8.68. The lowest BCUT2D eigenvalue weighted by atomic mass is 10.2. The molecule has 0 aliphatic rings. The van der Waals surface area contributed by atoms with Crippen LogP contribution in [0, 0.1) is 13.8 Å². The molecule has 0 fully saturated rings. The molecule has 0 saturated carbocycles. The second-order valence-electron chi connectivity index (χ2n) is 2.68. The Labute approximate surface area is 77.9 Å². The van der Waals surface area contributed by atoms with Crippen molar-refractivity contribution in [3.63, 3.8) is 0 Å². The number of hydrogen-bond donors (Lipinski definition) is 1. The highest BCUT2D eigenvalue weighted by molar-refractivity contribution is 7.85. The van der Waals surface area contributed by atoms with Gasteiger partial charge in [0.25, 0.3) is 0 Å². The number of hydrogen-bond acceptors (Lipinski definition) is 3. The SMILES string of the molecule is Cc1cccc(C)c1S(=O)(=O)[O-].[NH4+]. The first-order valence-corrected chi connectivity index (χ1v) is 4.86. The molecule has 0 unspecified atom stereocenters. The van der Waals surface area contributed by atoms with Gasteiger partial charge in [-0.3, -0.25) is 0 Å². The molecule has 4 N–H and O–H groups in total. The summed E-state index contributed by atoms with van der Waals surface area (Å²) in [4.78, 5) is -0.0926.